The van der Waals surface area contributed by atoms with Crippen molar-refractivity contribution in [2.45, 2.75) is 38.0 Å². The topological polar surface area (TPSA) is 59.6 Å². The van der Waals surface area contributed by atoms with Crippen LogP contribution < -0.4 is 20.1 Å². The van der Waals surface area contributed by atoms with E-state index in [1.165, 1.54) is 36.4 Å². The molecular formula is C28H26F6N2O3. The van der Waals surface area contributed by atoms with Crippen molar-refractivity contribution in [3.63, 3.8) is 0 Å². The molecule has 1 aliphatic heterocycles. The fourth-order valence-corrected chi connectivity index (χ4v) is 4.57. The van der Waals surface area contributed by atoms with Crippen molar-refractivity contribution < 1.29 is 40.6 Å². The van der Waals surface area contributed by atoms with Crippen LogP contribution in [0.1, 0.15) is 34.6 Å². The van der Waals surface area contributed by atoms with Crippen LogP contribution in [-0.2, 0) is 24.1 Å². The highest BCUT2D eigenvalue weighted by atomic mass is 19.4. The Morgan fingerprint density at radius 3 is 2.26 bits per heavy atom. The van der Waals surface area contributed by atoms with Crippen LogP contribution in [0.2, 0.25) is 0 Å². The number of rotatable bonds is 8. The van der Waals surface area contributed by atoms with Crippen molar-refractivity contribution in [2.75, 3.05) is 13.1 Å². The Balaban J connectivity index is 1.40. The standard InChI is InChI=1S/C28H26F6N2O3/c29-27(30,31)23-6-2-4-8-25(23)38-17-18-9-11-19(12-10-18)21-13-14-35-16-22(21)26(37)36-15-20-5-1-3-7-24(20)39-28(32,33)34/h1-12,21-22,35H,13-17H2,(H,36,37). The number of carbonyl (C=O) groups excluding carboxylic acids is 1. The van der Waals surface area contributed by atoms with Gasteiger partial charge in [0.15, 0.2) is 0 Å². The van der Waals surface area contributed by atoms with Gasteiger partial charge in [-0.1, -0.05) is 54.6 Å². The van der Waals surface area contributed by atoms with E-state index in [1.807, 2.05) is 12.1 Å². The van der Waals surface area contributed by atoms with Gasteiger partial charge < -0.3 is 20.1 Å². The van der Waals surface area contributed by atoms with Crippen LogP contribution in [0.25, 0.3) is 0 Å². The van der Waals surface area contributed by atoms with Gasteiger partial charge in [-0.05, 0) is 48.2 Å². The lowest BCUT2D eigenvalue weighted by atomic mass is 9.80. The van der Waals surface area contributed by atoms with Gasteiger partial charge in [0, 0.05) is 18.7 Å². The summed E-state index contributed by atoms with van der Waals surface area (Å²) in [6.07, 6.45) is -8.73. The van der Waals surface area contributed by atoms with Gasteiger partial charge in [0.2, 0.25) is 5.91 Å². The number of hydrogen-bond acceptors (Lipinski definition) is 4. The van der Waals surface area contributed by atoms with E-state index in [2.05, 4.69) is 15.4 Å². The van der Waals surface area contributed by atoms with Crippen molar-refractivity contribution in [3.8, 4) is 11.5 Å². The lowest BCUT2D eigenvalue weighted by molar-refractivity contribution is -0.274. The molecule has 1 saturated heterocycles. The van der Waals surface area contributed by atoms with Gasteiger partial charge in [-0.3, -0.25) is 4.79 Å². The molecule has 2 atom stereocenters. The molecule has 0 saturated carbocycles. The SMILES string of the molecule is O=C(NCc1ccccc1OC(F)(F)F)C1CNCCC1c1ccc(COc2ccccc2C(F)(F)F)cc1. The second-order valence-corrected chi connectivity index (χ2v) is 9.10. The zero-order chi connectivity index (χ0) is 28.0. The molecule has 2 N–H and O–H groups in total. The molecule has 208 valence electrons. The van der Waals surface area contributed by atoms with E-state index < -0.39 is 24.0 Å². The minimum absolute atomic E-state index is 0.0666. The van der Waals surface area contributed by atoms with Crippen LogP contribution in [0, 0.1) is 5.92 Å². The monoisotopic (exact) mass is 552 g/mol. The summed E-state index contributed by atoms with van der Waals surface area (Å²) >= 11 is 0. The second kappa shape index (κ2) is 12.0. The molecule has 0 aromatic heterocycles. The fraction of sp³-hybridized carbons (Fsp3) is 0.321. The summed E-state index contributed by atoms with van der Waals surface area (Å²) in [6, 6.07) is 17.7. The minimum atomic E-state index is -4.85. The third-order valence-electron chi connectivity index (χ3n) is 6.46. The number of nitrogens with one attached hydrogen (secondary N) is 2. The summed E-state index contributed by atoms with van der Waals surface area (Å²) in [6.45, 7) is 0.860. The number of alkyl halides is 6. The zero-order valence-electron chi connectivity index (χ0n) is 20.6. The maximum absolute atomic E-state index is 13.2. The van der Waals surface area contributed by atoms with E-state index in [9.17, 15) is 31.1 Å². The number of ether oxygens (including phenoxy) is 2. The van der Waals surface area contributed by atoms with Crippen LogP contribution in [0.5, 0.6) is 11.5 Å². The lowest BCUT2D eigenvalue weighted by Gasteiger charge is -2.32. The van der Waals surface area contributed by atoms with Gasteiger partial charge in [0.25, 0.3) is 0 Å². The van der Waals surface area contributed by atoms with E-state index >= 15 is 0 Å². The zero-order valence-corrected chi connectivity index (χ0v) is 20.6. The van der Waals surface area contributed by atoms with E-state index in [-0.39, 0.29) is 42.0 Å². The Hall–Kier alpha value is -3.73. The van der Waals surface area contributed by atoms with Gasteiger partial charge in [-0.25, -0.2) is 0 Å². The quantitative estimate of drug-likeness (QED) is 0.327. The molecule has 1 fully saturated rings. The molecule has 39 heavy (non-hydrogen) atoms. The van der Waals surface area contributed by atoms with Crippen molar-refractivity contribution in [1.82, 2.24) is 10.6 Å². The van der Waals surface area contributed by atoms with Gasteiger partial charge >= 0.3 is 12.5 Å². The van der Waals surface area contributed by atoms with Gasteiger partial charge in [0.1, 0.15) is 18.1 Å². The predicted molar refractivity (Wildman–Crippen MR) is 131 cm³/mol. The molecule has 11 heteroatoms. The molecule has 3 aromatic carbocycles. The number of para-hydroxylation sites is 2. The maximum atomic E-state index is 13.2. The molecule has 0 radical (unpaired) electrons. The number of hydrogen-bond donors (Lipinski definition) is 2. The average Bonchev–Trinajstić information content (AvgIpc) is 2.90. The Morgan fingerprint density at radius 2 is 1.56 bits per heavy atom. The second-order valence-electron chi connectivity index (χ2n) is 9.10. The van der Waals surface area contributed by atoms with Gasteiger partial charge in [0.05, 0.1) is 11.5 Å². The molecular weight excluding hydrogens is 526 g/mol. The third kappa shape index (κ3) is 7.66. The number of carbonyl (C=O) groups is 1. The normalized spacial score (nSPS) is 17.9. The Bertz CT molecular complexity index is 1260. The largest absolute Gasteiger partial charge is 0.573 e. The highest BCUT2D eigenvalue weighted by Crippen LogP contribution is 2.36. The Kier molecular flexibility index (Phi) is 8.69. The van der Waals surface area contributed by atoms with Crippen LogP contribution in [0.3, 0.4) is 0 Å². The van der Waals surface area contributed by atoms with Crippen molar-refractivity contribution in [2.24, 2.45) is 5.92 Å². The Morgan fingerprint density at radius 1 is 0.897 bits per heavy atom. The summed E-state index contributed by atoms with van der Waals surface area (Å²) in [5.41, 5.74) is 0.876. The first-order valence-electron chi connectivity index (χ1n) is 12.2. The molecule has 0 spiro atoms. The van der Waals surface area contributed by atoms with E-state index in [4.69, 9.17) is 4.74 Å². The predicted octanol–water partition coefficient (Wildman–Crippen LogP) is 6.19. The molecule has 1 heterocycles. The molecule has 5 nitrogen and oxygen atoms in total. The molecule has 1 aliphatic rings. The van der Waals surface area contributed by atoms with Crippen LogP contribution in [-0.4, -0.2) is 25.4 Å². The lowest BCUT2D eigenvalue weighted by Crippen LogP contribution is -2.44. The summed E-state index contributed by atoms with van der Waals surface area (Å²) in [4.78, 5) is 13.1. The highest BCUT2D eigenvalue weighted by Gasteiger charge is 2.35. The molecule has 0 bridgehead atoms. The number of halogens is 6. The summed E-state index contributed by atoms with van der Waals surface area (Å²) in [5, 5.41) is 5.90. The molecule has 4 rings (SSSR count). The molecule has 2 unspecified atom stereocenters. The maximum Gasteiger partial charge on any atom is 0.573 e. The fourth-order valence-electron chi connectivity index (χ4n) is 4.57. The van der Waals surface area contributed by atoms with E-state index in [0.29, 0.717) is 25.1 Å². The smallest absolute Gasteiger partial charge is 0.488 e. The van der Waals surface area contributed by atoms with Crippen LogP contribution in [0.15, 0.2) is 72.8 Å². The van der Waals surface area contributed by atoms with Gasteiger partial charge in [-0.15, -0.1) is 13.2 Å². The minimum Gasteiger partial charge on any atom is -0.488 e. The number of amides is 1. The van der Waals surface area contributed by atoms with Gasteiger partial charge in [-0.2, -0.15) is 13.2 Å². The molecule has 1 amide bonds. The van der Waals surface area contributed by atoms with E-state index in [1.54, 1.807) is 18.2 Å². The molecule has 0 aliphatic carbocycles. The Labute approximate surface area is 221 Å². The third-order valence-corrected chi connectivity index (χ3v) is 6.46. The van der Waals surface area contributed by atoms with Crippen molar-refractivity contribution in [1.29, 1.82) is 0 Å². The highest BCUT2D eigenvalue weighted by molar-refractivity contribution is 5.80. The molecule has 3 aromatic rings. The number of benzene rings is 3. The van der Waals surface area contributed by atoms with Crippen molar-refractivity contribution in [3.05, 3.63) is 95.1 Å². The first-order chi connectivity index (χ1) is 18.5. The van der Waals surface area contributed by atoms with E-state index in [0.717, 1.165) is 11.6 Å². The summed E-state index contributed by atoms with van der Waals surface area (Å²) in [5.74, 6) is -1.58. The summed E-state index contributed by atoms with van der Waals surface area (Å²) in [7, 11) is 0. The van der Waals surface area contributed by atoms with Crippen LogP contribution >= 0.6 is 0 Å². The number of piperidine rings is 1. The van der Waals surface area contributed by atoms with Crippen LogP contribution in [0.4, 0.5) is 26.3 Å². The summed E-state index contributed by atoms with van der Waals surface area (Å²) < 4.78 is 87.2. The first-order valence-corrected chi connectivity index (χ1v) is 12.2. The van der Waals surface area contributed by atoms with Crippen molar-refractivity contribution >= 4 is 5.91 Å². The average molecular weight is 553 g/mol. The first kappa shape index (κ1) is 28.3.